The molecule has 0 rings (SSSR count). The van der Waals surface area contributed by atoms with Crippen molar-refractivity contribution in [1.82, 2.24) is 6.15 Å². The first kappa shape index (κ1) is 28.2. The molecule has 0 bridgehead atoms. The molecular weight excluding hydrogens is 442 g/mol. The molecule has 4 N–H and O–H groups in total. The van der Waals surface area contributed by atoms with Crippen molar-refractivity contribution in [3.05, 3.63) is 0 Å². The van der Waals surface area contributed by atoms with Crippen LogP contribution in [0.15, 0.2) is 0 Å². The van der Waals surface area contributed by atoms with Crippen LogP contribution in [0.2, 0.25) is 0 Å². The van der Waals surface area contributed by atoms with Gasteiger partial charge in [0.1, 0.15) is 0 Å². The molecule has 4 nitrogen and oxygen atoms in total. The topological polar surface area (TPSA) is 89.4 Å². The molecule has 0 saturated carbocycles. The normalized spacial score (nSPS) is 22.1. The highest BCUT2D eigenvalue weighted by Crippen LogP contribution is 2.37. The highest BCUT2D eigenvalue weighted by Gasteiger charge is 2.60. The quantitative estimate of drug-likeness (QED) is 0.389. The summed E-state index contributed by atoms with van der Waals surface area (Å²) in [6.45, 7) is 0. The third-order valence-corrected chi connectivity index (χ3v) is 3.81. The van der Waals surface area contributed by atoms with Gasteiger partial charge in [0, 0.05) is 0 Å². The van der Waals surface area contributed by atoms with Crippen molar-refractivity contribution in [3.63, 3.8) is 0 Å². The van der Waals surface area contributed by atoms with Gasteiger partial charge in [-0.3, -0.25) is 4.55 Å². The van der Waals surface area contributed by atoms with Crippen molar-refractivity contribution in [1.29, 1.82) is 0 Å². The van der Waals surface area contributed by atoms with Gasteiger partial charge in [-0.05, 0) is 0 Å². The largest absolute Gasteiger partial charge is 0.344 e. The number of alkyl halides is 12. The van der Waals surface area contributed by atoms with E-state index in [4.69, 9.17) is 4.55 Å². The lowest BCUT2D eigenvalue weighted by Crippen LogP contribution is -2.53. The molecule has 0 spiro atoms. The standard InChI is InChI=1S/C10H10F12O3S.H3N/c11-1(2(12)4(14)6(16)8(18)19)3(13)5(15)7(17)10(21,22)9(20)26(23,24)25;/h1-9H,(H,23,24,25);1H3. The zero-order valence-corrected chi connectivity index (χ0v) is 13.4. The van der Waals surface area contributed by atoms with Crippen molar-refractivity contribution in [2.24, 2.45) is 0 Å². The SMILES string of the molecule is N.O=S(=O)(O)C(F)C(F)(F)C(F)C(F)C(F)C(F)C(F)C(F)C(F)C(F)F. The van der Waals surface area contributed by atoms with Crippen molar-refractivity contribution in [2.75, 3.05) is 0 Å². The lowest BCUT2D eigenvalue weighted by molar-refractivity contribution is -0.145. The maximum Gasteiger partial charge on any atom is 0.328 e. The highest BCUT2D eigenvalue weighted by atomic mass is 32.2. The zero-order chi connectivity index (χ0) is 21.2. The van der Waals surface area contributed by atoms with E-state index < -0.39 is 71.2 Å². The molecule has 27 heavy (non-hydrogen) atoms. The van der Waals surface area contributed by atoms with Crippen molar-refractivity contribution in [2.45, 2.75) is 61.1 Å². The van der Waals surface area contributed by atoms with Crippen LogP contribution >= 0.6 is 0 Å². The minimum Gasteiger partial charge on any atom is -0.344 e. The van der Waals surface area contributed by atoms with Gasteiger partial charge in [-0.15, -0.1) is 0 Å². The fraction of sp³-hybridized carbons (Fsp3) is 1.00. The summed E-state index contributed by atoms with van der Waals surface area (Å²) < 4.78 is 182. The van der Waals surface area contributed by atoms with E-state index in [1.54, 1.807) is 0 Å². The molecule has 0 radical (unpaired) electrons. The number of halogens is 12. The smallest absolute Gasteiger partial charge is 0.328 e. The summed E-state index contributed by atoms with van der Waals surface area (Å²) in [7, 11) is -6.34. The Morgan fingerprint density at radius 3 is 1.22 bits per heavy atom. The molecule has 0 saturated heterocycles. The Morgan fingerprint density at radius 2 is 0.926 bits per heavy atom. The van der Waals surface area contributed by atoms with Gasteiger partial charge in [0.2, 0.25) is 6.17 Å². The van der Waals surface area contributed by atoms with E-state index >= 15 is 0 Å². The molecule has 0 aromatic carbocycles. The van der Waals surface area contributed by atoms with E-state index in [0.717, 1.165) is 0 Å². The monoisotopic (exact) mass is 455 g/mol. The van der Waals surface area contributed by atoms with Crippen LogP contribution in [0.3, 0.4) is 0 Å². The molecule has 0 aliphatic heterocycles. The Hall–Kier alpha value is -0.970. The van der Waals surface area contributed by atoms with Crippen molar-refractivity contribution in [3.8, 4) is 0 Å². The van der Waals surface area contributed by atoms with Gasteiger partial charge >= 0.3 is 16.0 Å². The number of hydrogen-bond acceptors (Lipinski definition) is 3. The van der Waals surface area contributed by atoms with Crippen LogP contribution in [-0.2, 0) is 10.1 Å². The first-order valence-corrected chi connectivity index (χ1v) is 7.73. The van der Waals surface area contributed by atoms with E-state index in [-0.39, 0.29) is 6.15 Å². The summed E-state index contributed by atoms with van der Waals surface area (Å²) in [4.78, 5) is 0. The van der Waals surface area contributed by atoms with Gasteiger partial charge in [0.25, 0.3) is 11.9 Å². The summed E-state index contributed by atoms with van der Waals surface area (Å²) in [6, 6.07) is 0. The third kappa shape index (κ3) is 6.55. The minimum atomic E-state index is -6.34. The maximum atomic E-state index is 13.2. The van der Waals surface area contributed by atoms with Crippen molar-refractivity contribution < 1.29 is 65.7 Å². The summed E-state index contributed by atoms with van der Waals surface area (Å²) >= 11 is 0. The van der Waals surface area contributed by atoms with E-state index in [9.17, 15) is 61.1 Å². The lowest BCUT2D eigenvalue weighted by atomic mass is 9.97. The van der Waals surface area contributed by atoms with Crippen LogP contribution in [0.1, 0.15) is 0 Å². The molecule has 0 fully saturated rings. The molecule has 0 heterocycles. The second-order valence-electron chi connectivity index (χ2n) is 4.91. The fourth-order valence-corrected chi connectivity index (χ4v) is 2.07. The fourth-order valence-electron chi connectivity index (χ4n) is 1.54. The Balaban J connectivity index is 0. The van der Waals surface area contributed by atoms with Gasteiger partial charge in [-0.1, -0.05) is 0 Å². The summed E-state index contributed by atoms with van der Waals surface area (Å²) in [5.41, 5.74) is -4.84. The van der Waals surface area contributed by atoms with Crippen LogP contribution in [0.25, 0.3) is 0 Å². The Bertz CT molecular complexity index is 552. The van der Waals surface area contributed by atoms with Crippen LogP contribution in [0.4, 0.5) is 52.7 Å². The highest BCUT2D eigenvalue weighted by molar-refractivity contribution is 7.86. The minimum absolute atomic E-state index is 0. The first-order chi connectivity index (χ1) is 11.5. The Labute approximate surface area is 144 Å². The van der Waals surface area contributed by atoms with E-state index in [1.165, 1.54) is 0 Å². The van der Waals surface area contributed by atoms with E-state index in [2.05, 4.69) is 0 Å². The first-order valence-electron chi connectivity index (χ1n) is 6.22. The van der Waals surface area contributed by atoms with Gasteiger partial charge in [-0.2, -0.15) is 17.2 Å². The molecule has 0 aliphatic rings. The van der Waals surface area contributed by atoms with Crippen LogP contribution < -0.4 is 6.15 Å². The lowest BCUT2D eigenvalue weighted by Gasteiger charge is -2.28. The average molecular weight is 455 g/mol. The average Bonchev–Trinajstić information content (AvgIpc) is 2.54. The second-order valence-corrected chi connectivity index (χ2v) is 6.35. The summed E-state index contributed by atoms with van der Waals surface area (Å²) in [5.74, 6) is -6.01. The molecule has 166 valence electrons. The zero-order valence-electron chi connectivity index (χ0n) is 12.6. The van der Waals surface area contributed by atoms with Gasteiger partial charge in [0.05, 0.1) is 0 Å². The van der Waals surface area contributed by atoms with Crippen LogP contribution in [0, 0.1) is 0 Å². The van der Waals surface area contributed by atoms with E-state index in [1.807, 2.05) is 0 Å². The second kappa shape index (κ2) is 9.99. The van der Waals surface area contributed by atoms with Crippen molar-refractivity contribution >= 4 is 10.1 Å². The Kier molecular flexibility index (Phi) is 10.5. The number of hydrogen-bond donors (Lipinski definition) is 2. The molecule has 8 unspecified atom stereocenters. The third-order valence-electron chi connectivity index (χ3n) is 2.97. The molecular formula is C10H13F12NO3S. The predicted molar refractivity (Wildman–Crippen MR) is 66.7 cm³/mol. The van der Waals surface area contributed by atoms with Crippen LogP contribution in [-0.4, -0.2) is 74.0 Å². The molecule has 0 aromatic heterocycles. The van der Waals surface area contributed by atoms with Gasteiger partial charge < -0.3 is 6.15 Å². The van der Waals surface area contributed by atoms with Gasteiger partial charge in [-0.25, -0.2) is 43.9 Å². The molecule has 17 heteroatoms. The Morgan fingerprint density at radius 1 is 0.630 bits per heavy atom. The van der Waals surface area contributed by atoms with E-state index in [0.29, 0.717) is 0 Å². The summed E-state index contributed by atoms with van der Waals surface area (Å²) in [5, 5.41) is 0. The molecule has 8 atom stereocenters. The molecule has 0 aliphatic carbocycles. The van der Waals surface area contributed by atoms with Crippen LogP contribution in [0.5, 0.6) is 0 Å². The van der Waals surface area contributed by atoms with Gasteiger partial charge in [0.15, 0.2) is 37.0 Å². The molecule has 0 aromatic rings. The predicted octanol–water partition coefficient (Wildman–Crippen LogP) is 3.60. The number of rotatable bonds is 10. The maximum absolute atomic E-state index is 13.2. The molecule has 0 amide bonds. The summed E-state index contributed by atoms with van der Waals surface area (Å²) in [6.07, 6.45) is -34.6.